The van der Waals surface area contributed by atoms with Crippen molar-refractivity contribution in [2.45, 2.75) is 32.8 Å². The molecule has 0 aromatic heterocycles. The first-order chi connectivity index (χ1) is 7.24. The van der Waals surface area contributed by atoms with E-state index in [1.54, 1.807) is 0 Å². The summed E-state index contributed by atoms with van der Waals surface area (Å²) in [6.07, 6.45) is 1.34. The van der Waals surface area contributed by atoms with Gasteiger partial charge in [-0.05, 0) is 37.8 Å². The van der Waals surface area contributed by atoms with Gasteiger partial charge in [-0.1, -0.05) is 24.3 Å². The van der Waals surface area contributed by atoms with Crippen molar-refractivity contribution in [2.75, 3.05) is 13.2 Å². The van der Waals surface area contributed by atoms with Gasteiger partial charge >= 0.3 is 0 Å². The van der Waals surface area contributed by atoms with E-state index in [2.05, 4.69) is 19.1 Å². The van der Waals surface area contributed by atoms with Crippen molar-refractivity contribution in [2.24, 2.45) is 0 Å². The maximum atomic E-state index is 9.61. The summed E-state index contributed by atoms with van der Waals surface area (Å²) in [5.74, 6) is 0. The number of aryl methyl sites for hydroxylation is 2. The van der Waals surface area contributed by atoms with Gasteiger partial charge in [0.2, 0.25) is 0 Å². The highest BCUT2D eigenvalue weighted by Crippen LogP contribution is 2.10. The largest absolute Gasteiger partial charge is 0.391 e. The predicted molar refractivity (Wildman–Crippen MR) is 62.0 cm³/mol. The molecule has 0 aliphatic rings. The molecule has 1 N–H and O–H groups in total. The summed E-state index contributed by atoms with van der Waals surface area (Å²) < 4.78 is 5.16. The van der Waals surface area contributed by atoms with Crippen LogP contribution in [-0.2, 0) is 11.2 Å². The van der Waals surface area contributed by atoms with Crippen LogP contribution in [0.2, 0.25) is 0 Å². The van der Waals surface area contributed by atoms with Gasteiger partial charge in [0.05, 0.1) is 12.7 Å². The molecule has 1 atom stereocenters. The fraction of sp³-hybridized carbons (Fsp3) is 0.538. The third-order valence-corrected chi connectivity index (χ3v) is 2.52. The maximum Gasteiger partial charge on any atom is 0.0776 e. The van der Waals surface area contributed by atoms with Gasteiger partial charge in [0.15, 0.2) is 0 Å². The maximum absolute atomic E-state index is 9.61. The average Bonchev–Trinajstić information content (AvgIpc) is 2.25. The van der Waals surface area contributed by atoms with Gasteiger partial charge in [-0.25, -0.2) is 0 Å². The lowest BCUT2D eigenvalue weighted by atomic mass is 10.0. The first-order valence-electron chi connectivity index (χ1n) is 5.54. The Hall–Kier alpha value is -0.860. The highest BCUT2D eigenvalue weighted by atomic mass is 16.5. The van der Waals surface area contributed by atoms with Crippen molar-refractivity contribution in [3.8, 4) is 0 Å². The summed E-state index contributed by atoms with van der Waals surface area (Å²) in [6, 6.07) is 8.29. The van der Waals surface area contributed by atoms with Gasteiger partial charge in [0, 0.05) is 6.61 Å². The molecule has 1 aromatic carbocycles. The molecule has 2 nitrogen and oxygen atoms in total. The number of ether oxygens (including phenoxy) is 1. The third-order valence-electron chi connectivity index (χ3n) is 2.52. The molecule has 0 saturated carbocycles. The number of aliphatic hydroxyl groups is 1. The highest BCUT2D eigenvalue weighted by Gasteiger charge is 2.05. The number of benzene rings is 1. The van der Waals surface area contributed by atoms with Crippen LogP contribution in [0.3, 0.4) is 0 Å². The van der Waals surface area contributed by atoms with Crippen molar-refractivity contribution in [3.05, 3.63) is 35.4 Å². The minimum absolute atomic E-state index is 0.343. The van der Waals surface area contributed by atoms with Crippen LogP contribution in [0.4, 0.5) is 0 Å². The molecule has 2 heteroatoms. The van der Waals surface area contributed by atoms with Crippen molar-refractivity contribution >= 4 is 0 Å². The summed E-state index contributed by atoms with van der Waals surface area (Å²) in [5, 5.41) is 9.61. The summed E-state index contributed by atoms with van der Waals surface area (Å²) in [5.41, 5.74) is 2.61. The summed E-state index contributed by atoms with van der Waals surface area (Å²) in [4.78, 5) is 0. The molecule has 0 amide bonds. The monoisotopic (exact) mass is 208 g/mol. The van der Waals surface area contributed by atoms with E-state index in [0.717, 1.165) is 12.8 Å². The Labute approximate surface area is 91.9 Å². The van der Waals surface area contributed by atoms with Gasteiger partial charge in [0.1, 0.15) is 0 Å². The Balaban J connectivity index is 2.33. The fourth-order valence-corrected chi connectivity index (χ4v) is 1.55. The van der Waals surface area contributed by atoms with E-state index in [1.807, 2.05) is 19.1 Å². The molecule has 1 unspecified atom stereocenters. The molecular weight excluding hydrogens is 188 g/mol. The highest BCUT2D eigenvalue weighted by molar-refractivity contribution is 5.25. The number of hydrogen-bond acceptors (Lipinski definition) is 2. The predicted octanol–water partition coefficient (Wildman–Crippen LogP) is 2.33. The standard InChI is InChI=1S/C13H20O2/c1-3-15-10-13(14)9-8-12-7-5-4-6-11(12)2/h4-7,13-14H,3,8-10H2,1-2H3. The summed E-state index contributed by atoms with van der Waals surface area (Å²) in [7, 11) is 0. The Bertz CT molecular complexity index is 284. The Morgan fingerprint density at radius 3 is 2.73 bits per heavy atom. The third kappa shape index (κ3) is 4.45. The Morgan fingerprint density at radius 1 is 1.33 bits per heavy atom. The average molecular weight is 208 g/mol. The quantitative estimate of drug-likeness (QED) is 0.777. The van der Waals surface area contributed by atoms with E-state index in [4.69, 9.17) is 4.74 Å². The summed E-state index contributed by atoms with van der Waals surface area (Å²) >= 11 is 0. The molecule has 0 radical (unpaired) electrons. The lowest BCUT2D eigenvalue weighted by Crippen LogP contribution is -2.16. The van der Waals surface area contributed by atoms with Crippen LogP contribution >= 0.6 is 0 Å². The molecule has 1 aromatic rings. The van der Waals surface area contributed by atoms with Crippen LogP contribution in [0, 0.1) is 6.92 Å². The van der Waals surface area contributed by atoms with Crippen LogP contribution in [0.1, 0.15) is 24.5 Å². The number of rotatable bonds is 6. The molecule has 84 valence electrons. The molecule has 0 aliphatic carbocycles. The lowest BCUT2D eigenvalue weighted by molar-refractivity contribution is 0.0384. The zero-order chi connectivity index (χ0) is 11.1. The lowest BCUT2D eigenvalue weighted by Gasteiger charge is -2.11. The molecule has 0 fully saturated rings. The topological polar surface area (TPSA) is 29.5 Å². The van der Waals surface area contributed by atoms with E-state index in [9.17, 15) is 5.11 Å². The second-order valence-corrected chi connectivity index (χ2v) is 3.78. The SMILES string of the molecule is CCOCC(O)CCc1ccccc1C. The van der Waals surface area contributed by atoms with E-state index in [0.29, 0.717) is 13.2 Å². The van der Waals surface area contributed by atoms with Gasteiger partial charge in [0.25, 0.3) is 0 Å². The van der Waals surface area contributed by atoms with Crippen molar-refractivity contribution in [1.29, 1.82) is 0 Å². The van der Waals surface area contributed by atoms with Crippen LogP contribution in [-0.4, -0.2) is 24.4 Å². The second-order valence-electron chi connectivity index (χ2n) is 3.78. The number of aliphatic hydroxyl groups excluding tert-OH is 1. The fourth-order valence-electron chi connectivity index (χ4n) is 1.55. The summed E-state index contributed by atoms with van der Waals surface area (Å²) in [6.45, 7) is 5.15. The van der Waals surface area contributed by atoms with Crippen LogP contribution in [0.25, 0.3) is 0 Å². The Morgan fingerprint density at radius 2 is 2.07 bits per heavy atom. The van der Waals surface area contributed by atoms with Gasteiger partial charge in [-0.15, -0.1) is 0 Å². The van der Waals surface area contributed by atoms with E-state index >= 15 is 0 Å². The number of hydrogen-bond donors (Lipinski definition) is 1. The zero-order valence-corrected chi connectivity index (χ0v) is 9.57. The molecule has 0 aliphatic heterocycles. The van der Waals surface area contributed by atoms with Crippen molar-refractivity contribution in [3.63, 3.8) is 0 Å². The molecule has 15 heavy (non-hydrogen) atoms. The second kappa shape index (κ2) is 6.59. The van der Waals surface area contributed by atoms with E-state index < -0.39 is 0 Å². The Kier molecular flexibility index (Phi) is 5.37. The van der Waals surface area contributed by atoms with Crippen molar-refractivity contribution in [1.82, 2.24) is 0 Å². The van der Waals surface area contributed by atoms with Gasteiger partial charge in [-0.2, -0.15) is 0 Å². The van der Waals surface area contributed by atoms with Gasteiger partial charge in [-0.3, -0.25) is 0 Å². The smallest absolute Gasteiger partial charge is 0.0776 e. The van der Waals surface area contributed by atoms with Gasteiger partial charge < -0.3 is 9.84 Å². The van der Waals surface area contributed by atoms with Crippen LogP contribution in [0.5, 0.6) is 0 Å². The molecule has 1 rings (SSSR count). The molecule has 0 heterocycles. The minimum atomic E-state index is -0.343. The molecular formula is C13H20O2. The van der Waals surface area contributed by atoms with E-state index in [1.165, 1.54) is 11.1 Å². The molecule has 0 bridgehead atoms. The first-order valence-corrected chi connectivity index (χ1v) is 5.54. The minimum Gasteiger partial charge on any atom is -0.391 e. The van der Waals surface area contributed by atoms with E-state index in [-0.39, 0.29) is 6.10 Å². The molecule has 0 saturated heterocycles. The van der Waals surface area contributed by atoms with Crippen LogP contribution in [0.15, 0.2) is 24.3 Å². The normalized spacial score (nSPS) is 12.7. The van der Waals surface area contributed by atoms with Crippen LogP contribution < -0.4 is 0 Å². The van der Waals surface area contributed by atoms with Crippen molar-refractivity contribution < 1.29 is 9.84 Å². The molecule has 0 spiro atoms. The first kappa shape index (κ1) is 12.2. The zero-order valence-electron chi connectivity index (χ0n) is 9.57.